The van der Waals surface area contributed by atoms with Crippen molar-refractivity contribution in [3.05, 3.63) is 83.4 Å². The molecule has 41 heavy (non-hydrogen) atoms. The summed E-state index contributed by atoms with van der Waals surface area (Å²) >= 11 is 0. The first-order chi connectivity index (χ1) is 19.8. The van der Waals surface area contributed by atoms with Crippen LogP contribution in [0.3, 0.4) is 0 Å². The van der Waals surface area contributed by atoms with Gasteiger partial charge >= 0.3 is 5.69 Å². The van der Waals surface area contributed by atoms with Crippen molar-refractivity contribution in [1.29, 1.82) is 0 Å². The molecule has 1 N–H and O–H groups in total. The van der Waals surface area contributed by atoms with Gasteiger partial charge in [-0.1, -0.05) is 84.5 Å². The number of rotatable bonds is 8. The highest BCUT2D eigenvalue weighted by Crippen LogP contribution is 2.59. The van der Waals surface area contributed by atoms with Gasteiger partial charge < -0.3 is 19.1 Å². The number of nitrogens with one attached hydrogen (secondary N) is 1. The predicted octanol–water partition coefficient (Wildman–Crippen LogP) is 3.73. The normalized spacial score (nSPS) is 28.1. The van der Waals surface area contributed by atoms with Crippen molar-refractivity contribution >= 4 is 38.7 Å². The van der Waals surface area contributed by atoms with Crippen LogP contribution < -0.4 is 21.4 Å². The summed E-state index contributed by atoms with van der Waals surface area (Å²) in [7, 11) is -3.42. The maximum atomic E-state index is 12.9. The minimum Gasteiger partial charge on any atom is -0.355 e. The summed E-state index contributed by atoms with van der Waals surface area (Å²) in [6, 6.07) is 24.7. The van der Waals surface area contributed by atoms with Crippen molar-refractivity contribution in [3.8, 4) is 0 Å². The Labute approximate surface area is 242 Å². The van der Waals surface area contributed by atoms with Gasteiger partial charge in [0.25, 0.3) is 8.53 Å². The van der Waals surface area contributed by atoms with Gasteiger partial charge in [0.1, 0.15) is 20.0 Å². The quantitative estimate of drug-likeness (QED) is 0.315. The summed E-state index contributed by atoms with van der Waals surface area (Å²) in [4.78, 5) is 28.3. The van der Waals surface area contributed by atoms with Crippen LogP contribution in [-0.2, 0) is 18.6 Å². The third kappa shape index (κ3) is 5.69. The average molecular weight is 593 g/mol. The molecule has 3 fully saturated rings. The Morgan fingerprint density at radius 1 is 1.12 bits per heavy atom. The molecule has 11 heteroatoms. The molecular weight excluding hydrogens is 555 g/mol. The number of ether oxygens (including phenoxy) is 1. The average Bonchev–Trinajstić information content (AvgIpc) is 3.67. The molecule has 4 heterocycles. The smallest absolute Gasteiger partial charge is 0.351 e. The molecule has 3 saturated heterocycles. The first-order valence-electron chi connectivity index (χ1n) is 14.3. The van der Waals surface area contributed by atoms with E-state index in [2.05, 4.69) is 89.1 Å². The molecule has 6 atom stereocenters. The second-order valence-electron chi connectivity index (χ2n) is 11.5. The van der Waals surface area contributed by atoms with E-state index in [1.807, 2.05) is 0 Å². The Morgan fingerprint density at radius 3 is 2.44 bits per heavy atom. The van der Waals surface area contributed by atoms with Crippen molar-refractivity contribution in [2.75, 3.05) is 18.5 Å². The monoisotopic (exact) mass is 592 g/mol. The fourth-order valence-corrected chi connectivity index (χ4v) is 12.4. The molecule has 0 aliphatic carbocycles. The summed E-state index contributed by atoms with van der Waals surface area (Å²) in [5.41, 5.74) is -0.492. The Kier molecular flexibility index (Phi) is 8.22. The lowest BCUT2D eigenvalue weighted by molar-refractivity contribution is -0.114. The first-order valence-corrected chi connectivity index (χ1v) is 18.2. The molecule has 0 spiro atoms. The van der Waals surface area contributed by atoms with Crippen LogP contribution in [0.15, 0.2) is 77.7 Å². The van der Waals surface area contributed by atoms with Crippen LogP contribution in [0.25, 0.3) is 0 Å². The van der Waals surface area contributed by atoms with Crippen LogP contribution >= 0.6 is 8.53 Å². The number of amides is 1. The fraction of sp³-hybridized carbons (Fsp3) is 0.433. The van der Waals surface area contributed by atoms with Crippen LogP contribution in [-0.4, -0.2) is 59.6 Å². The highest BCUT2D eigenvalue weighted by atomic mass is 31.2. The van der Waals surface area contributed by atoms with Crippen LogP contribution in [0.4, 0.5) is 5.82 Å². The number of nitrogens with zero attached hydrogens (tertiary/aromatic N) is 3. The molecule has 1 amide bonds. The van der Waals surface area contributed by atoms with Gasteiger partial charge in [-0.2, -0.15) is 4.98 Å². The highest BCUT2D eigenvalue weighted by molar-refractivity contribution is 7.45. The van der Waals surface area contributed by atoms with E-state index in [0.29, 0.717) is 12.6 Å². The van der Waals surface area contributed by atoms with Crippen LogP contribution in [0.5, 0.6) is 0 Å². The standard InChI is InChI=1S/C30H37N4O5PSi/c1-21-19-37-29(33-18-16-27(31-22(2)35)32-30(33)36)28(21)39-40-34-17-10-15-25(34)26(38-40)20-41(3,23-11-6-4-7-12-23)24-13-8-5-9-14-24/h4-9,11-14,16,18,21,25-26,28-29H,10,15,17,19-20H2,1-3H3,(H,31,32,35,36)/t21?,25-,26+,28-,29+,40+/m0/s1. The lowest BCUT2D eigenvalue weighted by atomic mass is 10.1. The summed E-state index contributed by atoms with van der Waals surface area (Å²) in [5.74, 6) is 0.00940. The topological polar surface area (TPSA) is 94.9 Å². The van der Waals surface area contributed by atoms with Crippen molar-refractivity contribution in [2.24, 2.45) is 5.92 Å². The maximum Gasteiger partial charge on any atom is 0.351 e. The maximum absolute atomic E-state index is 12.9. The van der Waals surface area contributed by atoms with Gasteiger partial charge in [-0.15, -0.1) is 0 Å². The SMILES string of the molecule is CC(=O)Nc1ccn([C@@H]2OCC(C)[C@@H]2O[P@@]2O[C@H](C[Si](C)(c3ccccc3)c3ccccc3)[C@@H]3CCCN32)c(=O)n1. The molecule has 0 radical (unpaired) electrons. The predicted molar refractivity (Wildman–Crippen MR) is 162 cm³/mol. The fourth-order valence-electron chi connectivity index (χ4n) is 6.36. The second-order valence-corrected chi connectivity index (χ2v) is 17.1. The zero-order chi connectivity index (χ0) is 28.6. The van der Waals surface area contributed by atoms with Gasteiger partial charge in [0.05, 0.1) is 12.7 Å². The van der Waals surface area contributed by atoms with E-state index in [0.717, 1.165) is 25.4 Å². The number of carbonyl (C=O) groups excluding carboxylic acids is 1. The second kappa shape index (κ2) is 11.9. The zero-order valence-electron chi connectivity index (χ0n) is 23.7. The molecule has 216 valence electrons. The van der Waals surface area contributed by atoms with Crippen molar-refractivity contribution in [3.63, 3.8) is 0 Å². The molecule has 6 rings (SSSR count). The molecule has 3 aliphatic heterocycles. The third-order valence-corrected chi connectivity index (χ3v) is 14.8. The van der Waals surface area contributed by atoms with Gasteiger partial charge in [0.15, 0.2) is 6.23 Å². The molecule has 1 aromatic heterocycles. The number of hydrogen-bond acceptors (Lipinski definition) is 7. The Morgan fingerprint density at radius 2 is 1.80 bits per heavy atom. The van der Waals surface area contributed by atoms with Crippen molar-refractivity contribution in [2.45, 2.75) is 63.8 Å². The van der Waals surface area contributed by atoms with E-state index in [9.17, 15) is 9.59 Å². The summed E-state index contributed by atoms with van der Waals surface area (Å²) < 4.78 is 23.6. The largest absolute Gasteiger partial charge is 0.355 e. The lowest BCUT2D eigenvalue weighted by Crippen LogP contribution is -2.58. The summed E-state index contributed by atoms with van der Waals surface area (Å²) in [6.45, 7) is 7.33. The molecule has 0 bridgehead atoms. The molecule has 3 aromatic rings. The van der Waals surface area contributed by atoms with Gasteiger partial charge in [0.2, 0.25) is 5.91 Å². The Balaban J connectivity index is 1.24. The van der Waals surface area contributed by atoms with Crippen molar-refractivity contribution in [1.82, 2.24) is 14.2 Å². The Bertz CT molecular complexity index is 1390. The van der Waals surface area contributed by atoms with E-state index in [1.165, 1.54) is 21.9 Å². The number of benzene rings is 2. The van der Waals surface area contributed by atoms with Gasteiger partial charge in [-0.3, -0.25) is 9.36 Å². The zero-order valence-corrected chi connectivity index (χ0v) is 25.6. The Hall–Kier alpha value is -2.72. The van der Waals surface area contributed by atoms with Crippen LogP contribution in [0.1, 0.15) is 32.9 Å². The number of hydrogen-bond donors (Lipinski definition) is 1. The summed E-state index contributed by atoms with van der Waals surface area (Å²) in [6.07, 6.45) is 2.92. The number of carbonyl (C=O) groups is 1. The molecular formula is C30H37N4O5PSi. The van der Waals surface area contributed by atoms with Crippen LogP contribution in [0.2, 0.25) is 12.6 Å². The van der Waals surface area contributed by atoms with E-state index < -0.39 is 28.5 Å². The minimum atomic E-state index is -2.11. The van der Waals surface area contributed by atoms with E-state index in [1.54, 1.807) is 12.3 Å². The molecule has 1 unspecified atom stereocenters. The molecule has 0 saturated carbocycles. The summed E-state index contributed by atoms with van der Waals surface area (Å²) in [5, 5.41) is 5.37. The van der Waals surface area contributed by atoms with E-state index in [4.69, 9.17) is 13.8 Å². The molecule has 9 nitrogen and oxygen atoms in total. The minimum absolute atomic E-state index is 0.0677. The lowest BCUT2D eigenvalue weighted by Gasteiger charge is -2.32. The number of anilines is 1. The van der Waals surface area contributed by atoms with E-state index in [-0.39, 0.29) is 29.9 Å². The molecule has 3 aliphatic rings. The van der Waals surface area contributed by atoms with Crippen molar-refractivity contribution < 1.29 is 18.6 Å². The first kappa shape index (κ1) is 28.4. The molecule has 2 aromatic carbocycles. The number of fused-ring (bicyclic) bond motifs is 1. The van der Waals surface area contributed by atoms with Crippen LogP contribution in [0, 0.1) is 5.92 Å². The van der Waals surface area contributed by atoms with Gasteiger partial charge in [0, 0.05) is 31.6 Å². The van der Waals surface area contributed by atoms with Gasteiger partial charge in [-0.25, -0.2) is 9.46 Å². The third-order valence-electron chi connectivity index (χ3n) is 8.56. The number of aromatic nitrogens is 2. The van der Waals surface area contributed by atoms with E-state index >= 15 is 0 Å². The van der Waals surface area contributed by atoms with Gasteiger partial charge in [-0.05, 0) is 25.0 Å². The highest BCUT2D eigenvalue weighted by Gasteiger charge is 2.52.